The van der Waals surface area contributed by atoms with Gasteiger partial charge in [-0.05, 0) is 60.2 Å². The number of hydrogen-bond acceptors (Lipinski definition) is 3. The van der Waals surface area contributed by atoms with Gasteiger partial charge < -0.3 is 9.80 Å². The van der Waals surface area contributed by atoms with Crippen molar-refractivity contribution in [3.8, 4) is 0 Å². The fourth-order valence-corrected chi connectivity index (χ4v) is 5.48. The van der Waals surface area contributed by atoms with Crippen LogP contribution in [0, 0.1) is 0 Å². The summed E-state index contributed by atoms with van der Waals surface area (Å²) >= 11 is 1.78. The highest BCUT2D eigenvalue weighted by Gasteiger charge is 2.34. The lowest BCUT2D eigenvalue weighted by Gasteiger charge is -2.38. The number of unbranched alkanes of at least 4 members (excludes halogenated alkanes) is 2. The van der Waals surface area contributed by atoms with Crippen LogP contribution in [0.4, 0.5) is 0 Å². The molecule has 1 unspecified atom stereocenters. The third-order valence-electron chi connectivity index (χ3n) is 6.62. The van der Waals surface area contributed by atoms with Crippen molar-refractivity contribution in [1.82, 2.24) is 9.80 Å². The Bertz CT molecular complexity index is 940. The molecule has 0 N–H and O–H groups in total. The monoisotopic (exact) mass is 468 g/mol. The molecule has 0 aliphatic carbocycles. The Balaban J connectivity index is 1.85. The molecule has 3 rings (SSSR count). The van der Waals surface area contributed by atoms with Gasteiger partial charge in [0.15, 0.2) is 0 Å². The largest absolute Gasteiger partial charge is 0.331 e. The molecule has 180 valence electrons. The molecule has 1 aromatic carbocycles. The minimum absolute atomic E-state index is 0.00842. The summed E-state index contributed by atoms with van der Waals surface area (Å²) in [5, 5.41) is 2.13. The standard InChI is InChI=1S/C28H40N2O2S/c1-7-8-9-10-25(31)30(20(2)3)19-26(32)29-17-15-24-23(16-18-33-24)27(29)21-11-13-22(14-12-21)28(4,5)6/h11-14,16,18,20,27H,7-10,15,17,19H2,1-6H3. The highest BCUT2D eigenvalue weighted by atomic mass is 32.1. The summed E-state index contributed by atoms with van der Waals surface area (Å²) < 4.78 is 0. The zero-order valence-corrected chi connectivity index (χ0v) is 22.0. The van der Waals surface area contributed by atoms with Crippen LogP contribution in [0.5, 0.6) is 0 Å². The van der Waals surface area contributed by atoms with Gasteiger partial charge in [-0.1, -0.05) is 64.8 Å². The van der Waals surface area contributed by atoms with Crippen LogP contribution >= 0.6 is 11.3 Å². The average Bonchev–Trinajstić information content (AvgIpc) is 3.25. The molecule has 0 fully saturated rings. The van der Waals surface area contributed by atoms with Crippen LogP contribution in [0.25, 0.3) is 0 Å². The Morgan fingerprint density at radius 1 is 1.12 bits per heavy atom. The second-order valence-corrected chi connectivity index (χ2v) is 11.5. The highest BCUT2D eigenvalue weighted by molar-refractivity contribution is 7.10. The number of carbonyl (C=O) groups is 2. The molecule has 0 saturated carbocycles. The Kier molecular flexibility index (Phi) is 8.38. The van der Waals surface area contributed by atoms with Crippen molar-refractivity contribution in [2.75, 3.05) is 13.1 Å². The minimum Gasteiger partial charge on any atom is -0.331 e. The van der Waals surface area contributed by atoms with E-state index in [-0.39, 0.29) is 35.9 Å². The maximum Gasteiger partial charge on any atom is 0.243 e. The van der Waals surface area contributed by atoms with Gasteiger partial charge in [-0.3, -0.25) is 9.59 Å². The molecular weight excluding hydrogens is 428 g/mol. The smallest absolute Gasteiger partial charge is 0.243 e. The molecule has 33 heavy (non-hydrogen) atoms. The van der Waals surface area contributed by atoms with Gasteiger partial charge in [-0.2, -0.15) is 0 Å². The lowest BCUT2D eigenvalue weighted by atomic mass is 9.85. The average molecular weight is 469 g/mol. The van der Waals surface area contributed by atoms with Crippen LogP contribution in [0.15, 0.2) is 35.7 Å². The van der Waals surface area contributed by atoms with Crippen LogP contribution in [-0.2, 0) is 21.4 Å². The van der Waals surface area contributed by atoms with Crippen LogP contribution in [0.2, 0.25) is 0 Å². The lowest BCUT2D eigenvalue weighted by molar-refractivity contribution is -0.143. The molecular formula is C28H40N2O2S. The van der Waals surface area contributed by atoms with Crippen LogP contribution in [0.1, 0.15) is 94.8 Å². The highest BCUT2D eigenvalue weighted by Crippen LogP contribution is 2.38. The van der Waals surface area contributed by atoms with Crippen LogP contribution in [-0.4, -0.2) is 40.7 Å². The van der Waals surface area contributed by atoms with Crippen molar-refractivity contribution < 1.29 is 9.59 Å². The predicted molar refractivity (Wildman–Crippen MR) is 138 cm³/mol. The number of amides is 2. The fraction of sp³-hybridized carbons (Fsp3) is 0.571. The third kappa shape index (κ3) is 6.06. The molecule has 0 spiro atoms. The van der Waals surface area contributed by atoms with Gasteiger partial charge in [0.1, 0.15) is 6.54 Å². The first-order chi connectivity index (χ1) is 15.6. The number of hydrogen-bond donors (Lipinski definition) is 0. The van der Waals surface area contributed by atoms with E-state index in [9.17, 15) is 9.59 Å². The molecule has 1 aliphatic rings. The molecule has 2 aromatic rings. The first-order valence-corrected chi connectivity index (χ1v) is 13.3. The number of fused-ring (bicyclic) bond motifs is 1. The van der Waals surface area contributed by atoms with Gasteiger partial charge in [-0.15, -0.1) is 11.3 Å². The van der Waals surface area contributed by atoms with E-state index in [1.807, 2.05) is 18.7 Å². The summed E-state index contributed by atoms with van der Waals surface area (Å²) in [6, 6.07) is 10.8. The summed E-state index contributed by atoms with van der Waals surface area (Å²) in [6.07, 6.45) is 4.41. The second-order valence-electron chi connectivity index (χ2n) is 10.5. The number of rotatable bonds is 8. The Morgan fingerprint density at radius 3 is 2.42 bits per heavy atom. The molecule has 0 saturated heterocycles. The van der Waals surface area contributed by atoms with Gasteiger partial charge in [0.05, 0.1) is 6.04 Å². The van der Waals surface area contributed by atoms with Crippen molar-refractivity contribution in [3.05, 3.63) is 57.3 Å². The first-order valence-electron chi connectivity index (χ1n) is 12.4. The molecule has 2 heterocycles. The topological polar surface area (TPSA) is 40.6 Å². The number of nitrogens with zero attached hydrogens (tertiary/aromatic N) is 2. The van der Waals surface area contributed by atoms with E-state index in [1.165, 1.54) is 16.0 Å². The molecule has 1 aliphatic heterocycles. The minimum atomic E-state index is -0.0919. The first kappa shape index (κ1) is 25.5. The normalized spacial score (nSPS) is 16.1. The number of carbonyl (C=O) groups excluding carboxylic acids is 2. The summed E-state index contributed by atoms with van der Waals surface area (Å²) in [6.45, 7) is 13.6. The van der Waals surface area contributed by atoms with Crippen molar-refractivity contribution in [2.45, 2.75) is 91.1 Å². The van der Waals surface area contributed by atoms with E-state index in [4.69, 9.17) is 0 Å². The Morgan fingerprint density at radius 2 is 1.82 bits per heavy atom. The van der Waals surface area contributed by atoms with Crippen molar-refractivity contribution in [2.24, 2.45) is 0 Å². The molecule has 4 nitrogen and oxygen atoms in total. The quantitative estimate of drug-likeness (QED) is 0.424. The van der Waals surface area contributed by atoms with Crippen molar-refractivity contribution in [1.29, 1.82) is 0 Å². The summed E-state index contributed by atoms with van der Waals surface area (Å²) in [4.78, 5) is 31.6. The molecule has 1 atom stereocenters. The molecule has 0 radical (unpaired) electrons. The number of benzene rings is 1. The van der Waals surface area contributed by atoms with Gasteiger partial charge in [0.2, 0.25) is 11.8 Å². The van der Waals surface area contributed by atoms with Crippen LogP contribution in [0.3, 0.4) is 0 Å². The van der Waals surface area contributed by atoms with E-state index >= 15 is 0 Å². The van der Waals surface area contributed by atoms with Gasteiger partial charge in [0.25, 0.3) is 0 Å². The SMILES string of the molecule is CCCCCC(=O)N(CC(=O)N1CCc2sccc2C1c1ccc(C(C)(C)C)cc1)C(C)C. The summed E-state index contributed by atoms with van der Waals surface area (Å²) in [7, 11) is 0. The van der Waals surface area contributed by atoms with Crippen molar-refractivity contribution >= 4 is 23.2 Å². The van der Waals surface area contributed by atoms with E-state index in [2.05, 4.69) is 63.4 Å². The van der Waals surface area contributed by atoms with Gasteiger partial charge in [0, 0.05) is 23.9 Å². The van der Waals surface area contributed by atoms with E-state index in [0.717, 1.165) is 31.2 Å². The third-order valence-corrected chi connectivity index (χ3v) is 7.62. The van der Waals surface area contributed by atoms with E-state index in [1.54, 1.807) is 16.2 Å². The molecule has 5 heteroatoms. The van der Waals surface area contributed by atoms with E-state index in [0.29, 0.717) is 13.0 Å². The lowest BCUT2D eigenvalue weighted by Crippen LogP contribution is -2.48. The zero-order valence-electron chi connectivity index (χ0n) is 21.2. The van der Waals surface area contributed by atoms with Crippen LogP contribution < -0.4 is 0 Å². The van der Waals surface area contributed by atoms with Crippen molar-refractivity contribution in [3.63, 3.8) is 0 Å². The number of thiophene rings is 1. The van der Waals surface area contributed by atoms with Gasteiger partial charge in [-0.25, -0.2) is 0 Å². The Labute approximate surface area is 204 Å². The maximum absolute atomic E-state index is 13.6. The zero-order chi connectivity index (χ0) is 24.2. The summed E-state index contributed by atoms with van der Waals surface area (Å²) in [5.41, 5.74) is 3.74. The molecule has 0 bridgehead atoms. The second kappa shape index (κ2) is 10.9. The molecule has 2 amide bonds. The molecule has 1 aromatic heterocycles. The van der Waals surface area contributed by atoms with Gasteiger partial charge >= 0.3 is 0 Å². The predicted octanol–water partition coefficient (Wildman–Crippen LogP) is 6.34. The van der Waals surface area contributed by atoms with E-state index < -0.39 is 0 Å². The Hall–Kier alpha value is -2.14. The fourth-order valence-electron chi connectivity index (χ4n) is 4.58. The maximum atomic E-state index is 13.6. The summed E-state index contributed by atoms with van der Waals surface area (Å²) in [5.74, 6) is 0.125.